The highest BCUT2D eigenvalue weighted by Crippen LogP contribution is 2.33. The second kappa shape index (κ2) is 48.5. The Hall–Kier alpha value is -14.6. The number of nitrogens with one attached hydrogen (secondary N) is 3. The van der Waals surface area contributed by atoms with Crippen LogP contribution in [0.25, 0.3) is 33.4 Å². The minimum Gasteiger partial charge on any atom is -0.492 e. The molecule has 137 heavy (non-hydrogen) atoms. The van der Waals surface area contributed by atoms with Crippen LogP contribution in [0.5, 0.6) is 23.4 Å². The molecule has 3 aromatic heterocycles. The zero-order valence-electron chi connectivity index (χ0n) is 80.0. The summed E-state index contributed by atoms with van der Waals surface area (Å²) in [6.45, 7) is 6.98. The van der Waals surface area contributed by atoms with Crippen LogP contribution in [-0.4, -0.2) is 224 Å². The van der Waals surface area contributed by atoms with Crippen LogP contribution < -0.4 is 54.5 Å². The molecule has 6 heterocycles. The van der Waals surface area contributed by atoms with Crippen molar-refractivity contribution in [1.29, 1.82) is 0 Å². The fourth-order valence-corrected chi connectivity index (χ4v) is 16.3. The fraction of sp³-hybridized carbons (Fsp3) is 0.318. The lowest BCUT2D eigenvalue weighted by molar-refractivity contribution is -0.116. The van der Waals surface area contributed by atoms with Gasteiger partial charge in [-0.05, 0) is 219 Å². The molecule has 0 aliphatic carbocycles. The van der Waals surface area contributed by atoms with Crippen molar-refractivity contribution in [3.63, 3.8) is 0 Å². The Morgan fingerprint density at radius 3 is 1.18 bits per heavy atom. The van der Waals surface area contributed by atoms with Crippen molar-refractivity contribution in [2.75, 3.05) is 161 Å². The third kappa shape index (κ3) is 28.7. The number of aryl methyl sites for hydroxylation is 3. The number of halogens is 3. The molecule has 3 aliphatic rings. The normalized spacial score (nSPS) is 13.4. The summed E-state index contributed by atoms with van der Waals surface area (Å²) in [4.78, 5) is 108. The summed E-state index contributed by atoms with van der Waals surface area (Å²) in [6, 6.07) is 71.8. The number of hydrogen-bond donors (Lipinski definition) is 3. The number of nitrogens with zero attached hydrogens (tertiary/aromatic N) is 11. The van der Waals surface area contributed by atoms with Crippen molar-refractivity contribution in [3.8, 4) is 56.8 Å². The van der Waals surface area contributed by atoms with Gasteiger partial charge < -0.3 is 74.1 Å². The van der Waals surface area contributed by atoms with E-state index < -0.39 is 23.4 Å². The second-order valence-corrected chi connectivity index (χ2v) is 35.6. The Morgan fingerprint density at radius 1 is 0.380 bits per heavy atom. The van der Waals surface area contributed by atoms with Crippen LogP contribution in [0.2, 0.25) is 0 Å². The quantitative estimate of drug-likeness (QED) is 0.0324. The number of amides is 6. The lowest BCUT2D eigenvalue weighted by Crippen LogP contribution is -2.42. The minimum atomic E-state index is -0.566. The summed E-state index contributed by atoms with van der Waals surface area (Å²) in [5.74, 6) is -1.25. The average Bonchev–Trinajstić information content (AvgIpc) is 0.811. The molecule has 3 fully saturated rings. The number of benzene rings is 9. The molecular formula is C110H123F3N14O10. The lowest BCUT2D eigenvalue weighted by Gasteiger charge is -2.32. The van der Waals surface area contributed by atoms with Crippen molar-refractivity contribution in [2.24, 2.45) is 0 Å². The van der Waals surface area contributed by atoms with E-state index in [2.05, 4.69) is 118 Å². The second-order valence-electron chi connectivity index (χ2n) is 35.6. The van der Waals surface area contributed by atoms with Crippen LogP contribution in [0.4, 0.5) is 41.6 Å². The van der Waals surface area contributed by atoms with E-state index in [9.17, 15) is 41.9 Å². The fourth-order valence-electron chi connectivity index (χ4n) is 16.3. The zero-order chi connectivity index (χ0) is 97.0. The van der Waals surface area contributed by atoms with E-state index in [0.29, 0.717) is 134 Å². The van der Waals surface area contributed by atoms with Crippen molar-refractivity contribution >= 4 is 63.9 Å². The number of carbonyl (C=O) groups is 6. The number of aromatic nitrogens is 3. The first kappa shape index (κ1) is 99.9. The van der Waals surface area contributed by atoms with Crippen molar-refractivity contribution in [1.82, 2.24) is 45.2 Å². The van der Waals surface area contributed by atoms with Gasteiger partial charge in [0, 0.05) is 236 Å². The molecule has 3 N–H and O–H groups in total. The number of carbonyl (C=O) groups excluding carboxylic acids is 6. The smallest absolute Gasteiger partial charge is 0.256 e. The van der Waals surface area contributed by atoms with Gasteiger partial charge in [0.1, 0.15) is 48.1 Å². The van der Waals surface area contributed by atoms with Crippen LogP contribution >= 0.6 is 0 Å². The first-order valence-electron chi connectivity index (χ1n) is 46.6. The summed E-state index contributed by atoms with van der Waals surface area (Å²) < 4.78 is 66.9. The van der Waals surface area contributed by atoms with Crippen LogP contribution in [0, 0.1) is 24.4 Å². The van der Waals surface area contributed by atoms with Crippen LogP contribution in [-0.2, 0) is 24.1 Å². The van der Waals surface area contributed by atoms with Gasteiger partial charge in [-0.15, -0.1) is 0 Å². The van der Waals surface area contributed by atoms with Crippen LogP contribution in [0.1, 0.15) is 125 Å². The first-order chi connectivity index (χ1) is 66.1. The van der Waals surface area contributed by atoms with Crippen molar-refractivity contribution in [3.05, 3.63) is 323 Å². The van der Waals surface area contributed by atoms with Gasteiger partial charge in [-0.1, -0.05) is 84.9 Å². The molecule has 0 radical (unpaired) electrons. The molecule has 27 heteroatoms. The Bertz CT molecular complexity index is 5990. The number of ether oxygens (including phenoxy) is 4. The Balaban J connectivity index is 0.000000174. The number of hydrogen-bond acceptors (Lipinski definition) is 18. The van der Waals surface area contributed by atoms with E-state index in [0.717, 1.165) is 110 Å². The SMILES string of the molecule is CN(C)CCOc1ccc(-c2ccc(OC3CCN(C(=O)c4ccc(F)cc4C(=O)NCCc4ccc(N(C)C)cc4)CC3)nc2)cc1.CN(C)c1ccc(CCCNC(=O)c2ccc(F)cc2C(=O)N2CCC(Oc3ccc(-c4ccc(N(C)C)cc4)cn3)CC2)cc1.Cc1ccccc1CCC(=O)Nc1ccc(F)cc1C(=O)N1CCC(Oc2ccc(-c3ccc(N(C)C)cc3)cn2)CC1. The molecule has 3 saturated heterocycles. The molecule has 0 saturated carbocycles. The van der Waals surface area contributed by atoms with Crippen LogP contribution in [0.3, 0.4) is 0 Å². The summed E-state index contributed by atoms with van der Waals surface area (Å²) in [6.07, 6.45) is 11.8. The van der Waals surface area contributed by atoms with E-state index in [1.165, 1.54) is 48.0 Å². The topological polar surface area (TPSA) is 240 Å². The van der Waals surface area contributed by atoms with E-state index in [1.54, 1.807) is 33.3 Å². The molecule has 714 valence electrons. The molecule has 24 nitrogen and oxygen atoms in total. The first-order valence-corrected chi connectivity index (χ1v) is 46.6. The maximum absolute atomic E-state index is 14.3. The van der Waals surface area contributed by atoms with Gasteiger partial charge in [0.05, 0.1) is 33.5 Å². The van der Waals surface area contributed by atoms with Gasteiger partial charge in [0.15, 0.2) is 0 Å². The zero-order valence-corrected chi connectivity index (χ0v) is 80.0. The largest absolute Gasteiger partial charge is 0.492 e. The number of likely N-dealkylation sites (tertiary alicyclic amines) is 3. The number of pyridine rings is 3. The van der Waals surface area contributed by atoms with E-state index in [1.807, 2.05) is 196 Å². The third-order valence-electron chi connectivity index (χ3n) is 24.5. The molecule has 9 aromatic carbocycles. The average molecular weight is 1860 g/mol. The summed E-state index contributed by atoms with van der Waals surface area (Å²) in [5.41, 5.74) is 16.1. The molecule has 6 amide bonds. The summed E-state index contributed by atoms with van der Waals surface area (Å²) >= 11 is 0. The Kier molecular flexibility index (Phi) is 35.4. The maximum Gasteiger partial charge on any atom is 0.256 e. The third-order valence-corrected chi connectivity index (χ3v) is 24.5. The van der Waals surface area contributed by atoms with E-state index >= 15 is 0 Å². The molecule has 0 unspecified atom stereocenters. The van der Waals surface area contributed by atoms with Gasteiger partial charge in [0.25, 0.3) is 29.5 Å². The lowest BCUT2D eigenvalue weighted by atomic mass is 10.0. The molecule has 3 aliphatic heterocycles. The highest BCUT2D eigenvalue weighted by Gasteiger charge is 2.32. The minimum absolute atomic E-state index is 0.0390. The molecular weight excluding hydrogens is 1730 g/mol. The Labute approximate surface area is 801 Å². The van der Waals surface area contributed by atoms with Crippen molar-refractivity contribution in [2.45, 2.75) is 95.9 Å². The standard InChI is InChI=1S/C38H44FN5O4.C37H42FN5O3.C35H37FN4O3/c1-42(2)23-24-47-32-13-7-28(8-14-32)29-9-16-36(41-26-29)48-33-18-21-44(22-19-33)38(46)34-15-10-30(39)25-35(34)37(45)40-20-17-27-5-11-31(12-6-27)43(3)4;1-41(2)30-13-7-26(8-14-30)6-5-21-39-36(44)33-17-12-29(38)24-34(33)37(45)43-22-19-32(20-23-43)46-35-18-11-28(25-40-35)27-9-15-31(16-10-27)42(3)4;1-24-6-4-5-7-25(24)10-16-33(41)38-32-15-12-28(36)22-31(32)35(42)40-20-18-30(19-21-40)43-34-17-11-27(23-37-34)26-8-13-29(14-9-26)39(2)3/h5-16,25-26,33H,17-24H2,1-4H3,(H,40,45);7-18,24-25,32H,5-6,19-23H2,1-4H3,(H,39,44);4-9,11-15,17,22-23,30H,10,16,18-21H2,1-3H3,(H,38,41). The van der Waals surface area contributed by atoms with Crippen LogP contribution in [0.15, 0.2) is 255 Å². The number of anilines is 5. The van der Waals surface area contributed by atoms with Gasteiger partial charge in [-0.25, -0.2) is 28.1 Å². The van der Waals surface area contributed by atoms with Gasteiger partial charge in [-0.2, -0.15) is 0 Å². The molecule has 0 atom stereocenters. The van der Waals surface area contributed by atoms with Gasteiger partial charge >= 0.3 is 0 Å². The molecule has 0 spiro atoms. The maximum atomic E-state index is 14.3. The predicted molar refractivity (Wildman–Crippen MR) is 536 cm³/mol. The highest BCUT2D eigenvalue weighted by atomic mass is 19.1. The van der Waals surface area contributed by atoms with E-state index in [-0.39, 0.29) is 82.1 Å². The number of likely N-dealkylation sites (N-methyl/N-ethyl adjacent to an activating group) is 1. The Morgan fingerprint density at radius 2 is 0.752 bits per heavy atom. The predicted octanol–water partition coefficient (Wildman–Crippen LogP) is 18.1. The monoisotopic (exact) mass is 1860 g/mol. The summed E-state index contributed by atoms with van der Waals surface area (Å²) in [7, 11) is 20.0. The van der Waals surface area contributed by atoms with Gasteiger partial charge in [-0.3, -0.25) is 28.8 Å². The molecule has 0 bridgehead atoms. The van der Waals surface area contributed by atoms with Gasteiger partial charge in [0.2, 0.25) is 23.5 Å². The molecule has 12 aromatic rings. The van der Waals surface area contributed by atoms with Crippen molar-refractivity contribution < 1.29 is 60.9 Å². The van der Waals surface area contributed by atoms with E-state index in [4.69, 9.17) is 18.9 Å². The summed E-state index contributed by atoms with van der Waals surface area (Å²) in [5, 5.41) is 8.58. The number of piperidine rings is 3. The molecule has 15 rings (SSSR count). The number of rotatable bonds is 33. The highest BCUT2D eigenvalue weighted by molar-refractivity contribution is 6.08.